The van der Waals surface area contributed by atoms with Gasteiger partial charge in [-0.2, -0.15) is 0 Å². The number of amidine groups is 1. The van der Waals surface area contributed by atoms with Crippen LogP contribution < -0.4 is 4.74 Å². The second-order valence-corrected chi connectivity index (χ2v) is 6.97. The number of aliphatic imine (C=N–C) groups is 1. The second kappa shape index (κ2) is 8.45. The number of unbranched alkanes of at least 4 members (excludes halogenated alkanes) is 1. The summed E-state index contributed by atoms with van der Waals surface area (Å²) in [6.45, 7) is 6.88. The van der Waals surface area contributed by atoms with E-state index < -0.39 is 0 Å². The Hall–Kier alpha value is -2.21. The Morgan fingerprint density at radius 1 is 1.27 bits per heavy atom. The van der Waals surface area contributed by atoms with Crippen molar-refractivity contribution in [3.8, 4) is 5.75 Å². The van der Waals surface area contributed by atoms with E-state index in [-0.39, 0.29) is 12.0 Å². The lowest BCUT2D eigenvalue weighted by Gasteiger charge is -2.33. The average Bonchev–Trinajstić information content (AvgIpc) is 3.09. The predicted octanol–water partition coefficient (Wildman–Crippen LogP) is 4.63. The van der Waals surface area contributed by atoms with Crippen LogP contribution in [0.5, 0.6) is 5.75 Å². The third-order valence-electron chi connectivity index (χ3n) is 4.28. The van der Waals surface area contributed by atoms with Gasteiger partial charge in [0.2, 0.25) is 0 Å². The zero-order chi connectivity index (χ0) is 18.5. The maximum Gasteiger partial charge on any atom is 0.338 e. The Labute approximate surface area is 158 Å². The van der Waals surface area contributed by atoms with Gasteiger partial charge in [-0.25, -0.2) is 9.79 Å². The van der Waals surface area contributed by atoms with Gasteiger partial charge in [0.05, 0.1) is 30.5 Å². The fourth-order valence-electron chi connectivity index (χ4n) is 2.98. The zero-order valence-corrected chi connectivity index (χ0v) is 16.2. The summed E-state index contributed by atoms with van der Waals surface area (Å²) in [5.74, 6) is 0.531. The minimum Gasteiger partial charge on any atom is -0.494 e. The van der Waals surface area contributed by atoms with E-state index in [9.17, 15) is 4.79 Å². The topological polar surface area (TPSA) is 51.1 Å². The van der Waals surface area contributed by atoms with Gasteiger partial charge in [-0.1, -0.05) is 37.2 Å². The number of rotatable bonds is 7. The molecule has 3 rings (SSSR count). The third-order valence-corrected chi connectivity index (χ3v) is 5.05. The fourth-order valence-corrected chi connectivity index (χ4v) is 3.77. The molecule has 0 amide bonds. The van der Waals surface area contributed by atoms with Crippen LogP contribution in [0.1, 0.15) is 45.2 Å². The quantitative estimate of drug-likeness (QED) is 0.516. The molecule has 1 unspecified atom stereocenters. The van der Waals surface area contributed by atoms with E-state index >= 15 is 0 Å². The highest BCUT2D eigenvalue weighted by Gasteiger charge is 2.37. The molecular formula is C20H24N2O3S. The van der Waals surface area contributed by atoms with E-state index in [1.807, 2.05) is 54.6 Å². The summed E-state index contributed by atoms with van der Waals surface area (Å²) < 4.78 is 11.0. The van der Waals surface area contributed by atoms with Gasteiger partial charge in [0.25, 0.3) is 0 Å². The summed E-state index contributed by atoms with van der Waals surface area (Å²) in [6.07, 6.45) is 4.11. The monoisotopic (exact) mass is 372 g/mol. The first-order valence-corrected chi connectivity index (χ1v) is 9.84. The Bertz CT molecular complexity index is 753. The highest BCUT2D eigenvalue weighted by molar-refractivity contribution is 8.16. The van der Waals surface area contributed by atoms with Crippen molar-refractivity contribution < 1.29 is 14.3 Å². The summed E-state index contributed by atoms with van der Waals surface area (Å²) in [5, 5.41) is 2.86. The van der Waals surface area contributed by atoms with Crippen molar-refractivity contribution in [2.24, 2.45) is 4.99 Å². The predicted molar refractivity (Wildman–Crippen MR) is 105 cm³/mol. The molecule has 2 heterocycles. The Kier molecular flexibility index (Phi) is 6.04. The van der Waals surface area contributed by atoms with E-state index in [1.165, 1.54) is 0 Å². The van der Waals surface area contributed by atoms with E-state index in [2.05, 4.69) is 11.9 Å². The second-order valence-electron chi connectivity index (χ2n) is 6.10. The largest absolute Gasteiger partial charge is 0.494 e. The van der Waals surface area contributed by atoms with Crippen molar-refractivity contribution in [3.05, 3.63) is 52.7 Å². The number of allylic oxidation sites excluding steroid dienone is 1. The van der Waals surface area contributed by atoms with E-state index in [0.29, 0.717) is 24.5 Å². The molecule has 0 radical (unpaired) electrons. The Morgan fingerprint density at radius 2 is 2.04 bits per heavy atom. The van der Waals surface area contributed by atoms with Crippen LogP contribution in [-0.2, 0) is 9.53 Å². The molecule has 6 heteroatoms. The summed E-state index contributed by atoms with van der Waals surface area (Å²) in [6, 6.07) is 7.71. The Balaban J connectivity index is 1.90. The lowest BCUT2D eigenvalue weighted by molar-refractivity contribution is -0.139. The highest BCUT2D eigenvalue weighted by atomic mass is 32.2. The number of fused-ring (bicyclic) bond motifs is 1. The molecule has 0 spiro atoms. The molecule has 0 saturated heterocycles. The third kappa shape index (κ3) is 3.80. The smallest absolute Gasteiger partial charge is 0.338 e. The van der Waals surface area contributed by atoms with Crippen molar-refractivity contribution >= 4 is 22.9 Å². The van der Waals surface area contributed by atoms with Gasteiger partial charge in [-0.15, -0.1) is 0 Å². The first kappa shape index (κ1) is 18.6. The molecule has 1 atom stereocenters. The molecule has 1 aromatic rings. The molecule has 2 aliphatic rings. The van der Waals surface area contributed by atoms with Gasteiger partial charge in [-0.3, -0.25) is 0 Å². The highest BCUT2D eigenvalue weighted by Crippen LogP contribution is 2.41. The number of esters is 1. The van der Waals surface area contributed by atoms with Crippen LogP contribution >= 0.6 is 11.8 Å². The molecule has 5 nitrogen and oxygen atoms in total. The van der Waals surface area contributed by atoms with Crippen LogP contribution in [0.25, 0.3) is 0 Å². The molecule has 0 N–H and O–H groups in total. The van der Waals surface area contributed by atoms with Gasteiger partial charge in [0, 0.05) is 6.20 Å². The van der Waals surface area contributed by atoms with Crippen LogP contribution in [0.2, 0.25) is 0 Å². The number of hydrogen-bond acceptors (Lipinski definition) is 6. The minimum atomic E-state index is -0.314. The van der Waals surface area contributed by atoms with E-state index in [1.54, 1.807) is 11.8 Å². The summed E-state index contributed by atoms with van der Waals surface area (Å²) in [4.78, 5) is 19.2. The molecule has 138 valence electrons. The SMILES string of the molecule is CCCCOc1ccc(C2C(C(=O)OCC)=C(C)N=C3SC=CN32)cc1. The van der Waals surface area contributed by atoms with Crippen molar-refractivity contribution in [1.82, 2.24) is 4.90 Å². The molecule has 2 aliphatic heterocycles. The van der Waals surface area contributed by atoms with Crippen LogP contribution in [0.15, 0.2) is 52.1 Å². The molecule has 26 heavy (non-hydrogen) atoms. The molecule has 0 aromatic heterocycles. The summed E-state index contributed by atoms with van der Waals surface area (Å²) >= 11 is 1.56. The van der Waals surface area contributed by atoms with Crippen molar-refractivity contribution in [3.63, 3.8) is 0 Å². The molecule has 1 aromatic carbocycles. The van der Waals surface area contributed by atoms with Crippen molar-refractivity contribution in [2.45, 2.75) is 39.7 Å². The zero-order valence-electron chi connectivity index (χ0n) is 15.4. The molecular weight excluding hydrogens is 348 g/mol. The molecule has 0 aliphatic carbocycles. The maximum absolute atomic E-state index is 12.6. The lowest BCUT2D eigenvalue weighted by Crippen LogP contribution is -2.34. The maximum atomic E-state index is 12.6. The van der Waals surface area contributed by atoms with Gasteiger partial charge in [0.15, 0.2) is 5.17 Å². The van der Waals surface area contributed by atoms with Crippen molar-refractivity contribution in [1.29, 1.82) is 0 Å². The van der Waals surface area contributed by atoms with Crippen LogP contribution in [0.3, 0.4) is 0 Å². The van der Waals surface area contributed by atoms with Gasteiger partial charge < -0.3 is 14.4 Å². The molecule has 0 bridgehead atoms. The summed E-state index contributed by atoms with van der Waals surface area (Å²) in [5.41, 5.74) is 2.30. The number of benzene rings is 1. The fraction of sp³-hybridized carbons (Fsp3) is 0.400. The molecule has 0 fully saturated rings. The number of carbonyl (C=O) groups is 1. The van der Waals surface area contributed by atoms with Crippen LogP contribution in [0.4, 0.5) is 0 Å². The lowest BCUT2D eigenvalue weighted by atomic mass is 9.95. The van der Waals surface area contributed by atoms with Crippen LogP contribution in [0, 0.1) is 0 Å². The molecule has 0 saturated carbocycles. The van der Waals surface area contributed by atoms with Gasteiger partial charge in [-0.05, 0) is 43.4 Å². The standard InChI is InChI=1S/C20H24N2O3S/c1-4-6-12-25-16-9-7-15(8-10-16)18-17(19(23)24-5-2)14(3)21-20-22(18)11-13-26-20/h7-11,13,18H,4-6,12H2,1-3H3. The minimum absolute atomic E-state index is 0.238. The van der Waals surface area contributed by atoms with E-state index in [4.69, 9.17) is 9.47 Å². The number of ether oxygens (including phenoxy) is 2. The van der Waals surface area contributed by atoms with Crippen molar-refractivity contribution in [2.75, 3.05) is 13.2 Å². The number of thioether (sulfide) groups is 1. The average molecular weight is 372 g/mol. The first-order chi connectivity index (χ1) is 12.7. The van der Waals surface area contributed by atoms with Gasteiger partial charge >= 0.3 is 5.97 Å². The Morgan fingerprint density at radius 3 is 2.73 bits per heavy atom. The first-order valence-electron chi connectivity index (χ1n) is 8.96. The normalized spacial score (nSPS) is 18.7. The van der Waals surface area contributed by atoms with E-state index in [0.717, 1.165) is 29.3 Å². The van der Waals surface area contributed by atoms with Gasteiger partial charge in [0.1, 0.15) is 5.75 Å². The number of hydrogen-bond donors (Lipinski definition) is 0. The van der Waals surface area contributed by atoms with Crippen LogP contribution in [-0.4, -0.2) is 29.3 Å². The number of carbonyl (C=O) groups excluding carboxylic acids is 1. The summed E-state index contributed by atoms with van der Waals surface area (Å²) in [7, 11) is 0. The number of nitrogens with zero attached hydrogens (tertiary/aromatic N) is 2.